The van der Waals surface area contributed by atoms with Crippen LogP contribution >= 0.6 is 0 Å². The smallest absolute Gasteiger partial charge is 0.223 e. The second-order valence-electron chi connectivity index (χ2n) is 7.21. The van der Waals surface area contributed by atoms with Crippen molar-refractivity contribution in [3.63, 3.8) is 0 Å². The fraction of sp³-hybridized carbons (Fsp3) is 0.632. The Bertz CT molecular complexity index is 525. The van der Waals surface area contributed by atoms with Crippen LogP contribution in [-0.2, 0) is 9.53 Å². The molecule has 4 heteroatoms. The molecule has 2 N–H and O–H groups in total. The van der Waals surface area contributed by atoms with Crippen molar-refractivity contribution < 1.29 is 9.53 Å². The molecule has 1 amide bonds. The first-order chi connectivity index (χ1) is 11.1. The van der Waals surface area contributed by atoms with Crippen LogP contribution in [0, 0.1) is 11.8 Å². The van der Waals surface area contributed by atoms with Gasteiger partial charge in [-0.3, -0.25) is 4.79 Å². The molecule has 0 spiro atoms. The summed E-state index contributed by atoms with van der Waals surface area (Å²) in [5.41, 5.74) is 1.21. The maximum absolute atomic E-state index is 12.2. The molecule has 3 rings (SSSR count). The van der Waals surface area contributed by atoms with E-state index in [4.69, 9.17) is 4.74 Å². The van der Waals surface area contributed by atoms with E-state index in [-0.39, 0.29) is 23.4 Å². The summed E-state index contributed by atoms with van der Waals surface area (Å²) in [6.07, 6.45) is 2.91. The topological polar surface area (TPSA) is 50.4 Å². The fourth-order valence-corrected chi connectivity index (χ4v) is 3.49. The molecular formula is C19H28N2O2. The summed E-state index contributed by atoms with van der Waals surface area (Å²) in [4.78, 5) is 12.2. The maximum Gasteiger partial charge on any atom is 0.223 e. The van der Waals surface area contributed by atoms with Gasteiger partial charge in [0.05, 0.1) is 0 Å². The Hall–Kier alpha value is -1.39. The number of hydrogen-bond acceptors (Lipinski definition) is 3. The van der Waals surface area contributed by atoms with Crippen LogP contribution < -0.4 is 10.6 Å². The molecule has 1 heterocycles. The first-order valence-corrected chi connectivity index (χ1v) is 8.78. The third-order valence-electron chi connectivity index (χ3n) is 5.32. The van der Waals surface area contributed by atoms with E-state index in [0.717, 1.165) is 32.5 Å². The molecule has 2 fully saturated rings. The molecule has 1 aliphatic heterocycles. The Morgan fingerprint density at radius 3 is 2.57 bits per heavy atom. The van der Waals surface area contributed by atoms with E-state index in [2.05, 4.69) is 48.7 Å². The minimum absolute atomic E-state index is 0.0682. The molecule has 23 heavy (non-hydrogen) atoms. The Balaban J connectivity index is 1.63. The van der Waals surface area contributed by atoms with Gasteiger partial charge in [-0.15, -0.1) is 0 Å². The van der Waals surface area contributed by atoms with E-state index >= 15 is 0 Å². The van der Waals surface area contributed by atoms with E-state index in [1.165, 1.54) is 5.56 Å². The number of hydrogen-bond donors (Lipinski definition) is 2. The lowest BCUT2D eigenvalue weighted by atomic mass is 9.88. The van der Waals surface area contributed by atoms with Crippen LogP contribution in [0.25, 0.3) is 0 Å². The largest absolute Gasteiger partial charge is 0.381 e. The average molecular weight is 316 g/mol. The van der Waals surface area contributed by atoms with Crippen LogP contribution in [0.4, 0.5) is 0 Å². The Kier molecular flexibility index (Phi) is 5.02. The lowest BCUT2D eigenvalue weighted by Gasteiger charge is -2.40. The Morgan fingerprint density at radius 1 is 1.30 bits per heavy atom. The van der Waals surface area contributed by atoms with Crippen LogP contribution in [0.5, 0.6) is 0 Å². The lowest BCUT2D eigenvalue weighted by molar-refractivity contribution is -0.123. The quantitative estimate of drug-likeness (QED) is 0.848. The highest BCUT2D eigenvalue weighted by molar-refractivity contribution is 5.81. The maximum atomic E-state index is 12.2. The highest BCUT2D eigenvalue weighted by Crippen LogP contribution is 2.37. The minimum Gasteiger partial charge on any atom is -0.381 e. The summed E-state index contributed by atoms with van der Waals surface area (Å²) < 4.78 is 5.54. The summed E-state index contributed by atoms with van der Waals surface area (Å²) in [6, 6.07) is 10.7. The van der Waals surface area contributed by atoms with Gasteiger partial charge in [-0.05, 0) is 37.7 Å². The molecule has 0 bridgehead atoms. The third kappa shape index (κ3) is 4.12. The van der Waals surface area contributed by atoms with Gasteiger partial charge in [-0.25, -0.2) is 0 Å². The predicted molar refractivity (Wildman–Crippen MR) is 91.1 cm³/mol. The number of nitrogens with one attached hydrogen (secondary N) is 2. The van der Waals surface area contributed by atoms with Gasteiger partial charge in [0.1, 0.15) is 0 Å². The van der Waals surface area contributed by atoms with Crippen molar-refractivity contribution in [3.05, 3.63) is 35.9 Å². The molecule has 0 unspecified atom stereocenters. The number of benzene rings is 1. The zero-order chi connectivity index (χ0) is 16.3. The van der Waals surface area contributed by atoms with E-state index < -0.39 is 0 Å². The van der Waals surface area contributed by atoms with E-state index in [1.807, 2.05) is 6.07 Å². The summed E-state index contributed by atoms with van der Waals surface area (Å²) in [5.74, 6) is 1.01. The van der Waals surface area contributed by atoms with E-state index in [0.29, 0.717) is 12.5 Å². The summed E-state index contributed by atoms with van der Waals surface area (Å²) in [7, 11) is 0. The molecule has 2 aliphatic rings. The summed E-state index contributed by atoms with van der Waals surface area (Å²) >= 11 is 0. The number of rotatable bonds is 6. The summed E-state index contributed by atoms with van der Waals surface area (Å²) in [6.45, 7) is 6.53. The second-order valence-corrected chi connectivity index (χ2v) is 7.21. The van der Waals surface area contributed by atoms with E-state index in [9.17, 15) is 4.79 Å². The molecule has 0 radical (unpaired) electrons. The SMILES string of the molecule is C[C@@H](NC1(CNC(=O)[C@@H]2C[C@@H]2C)CCOCC1)c1ccccc1. The van der Waals surface area contributed by atoms with Crippen molar-refractivity contribution in [2.75, 3.05) is 19.8 Å². The third-order valence-corrected chi connectivity index (χ3v) is 5.32. The van der Waals surface area contributed by atoms with Crippen molar-refractivity contribution in [1.29, 1.82) is 0 Å². The van der Waals surface area contributed by atoms with Gasteiger partial charge in [-0.1, -0.05) is 37.3 Å². The number of carbonyl (C=O) groups is 1. The Morgan fingerprint density at radius 2 is 1.96 bits per heavy atom. The van der Waals surface area contributed by atoms with Gasteiger partial charge in [0.2, 0.25) is 5.91 Å². The van der Waals surface area contributed by atoms with Crippen LogP contribution in [0.3, 0.4) is 0 Å². The zero-order valence-electron chi connectivity index (χ0n) is 14.2. The van der Waals surface area contributed by atoms with Crippen molar-refractivity contribution in [3.8, 4) is 0 Å². The van der Waals surface area contributed by atoms with Gasteiger partial charge in [0.15, 0.2) is 0 Å². The van der Waals surface area contributed by atoms with Crippen molar-refractivity contribution in [2.24, 2.45) is 11.8 Å². The first kappa shape index (κ1) is 16.5. The van der Waals surface area contributed by atoms with Crippen molar-refractivity contribution in [2.45, 2.75) is 44.7 Å². The standard InChI is InChI=1S/C19H28N2O2/c1-14-12-17(14)18(22)20-13-19(8-10-23-11-9-19)21-15(2)16-6-4-3-5-7-16/h3-7,14-15,17,21H,8-13H2,1-2H3,(H,20,22)/t14-,15+,17+/m0/s1. The van der Waals surface area contributed by atoms with Crippen molar-refractivity contribution >= 4 is 5.91 Å². The molecule has 1 aromatic rings. The average Bonchev–Trinajstić information content (AvgIpc) is 3.31. The molecule has 4 nitrogen and oxygen atoms in total. The van der Waals surface area contributed by atoms with Crippen LogP contribution in [0.2, 0.25) is 0 Å². The second kappa shape index (κ2) is 7.02. The number of carbonyl (C=O) groups excluding carboxylic acids is 1. The molecule has 1 saturated carbocycles. The van der Waals surface area contributed by atoms with Crippen LogP contribution in [0.15, 0.2) is 30.3 Å². The number of amides is 1. The van der Waals surface area contributed by atoms with Crippen LogP contribution in [-0.4, -0.2) is 31.2 Å². The van der Waals surface area contributed by atoms with Gasteiger partial charge < -0.3 is 15.4 Å². The summed E-state index contributed by atoms with van der Waals surface area (Å²) in [5, 5.41) is 6.97. The monoisotopic (exact) mass is 316 g/mol. The van der Waals surface area contributed by atoms with Crippen molar-refractivity contribution in [1.82, 2.24) is 10.6 Å². The van der Waals surface area contributed by atoms with Gasteiger partial charge >= 0.3 is 0 Å². The molecule has 1 saturated heterocycles. The minimum atomic E-state index is -0.0682. The molecular weight excluding hydrogens is 288 g/mol. The van der Waals surface area contributed by atoms with Gasteiger partial charge in [0, 0.05) is 37.3 Å². The molecule has 0 aromatic heterocycles. The molecule has 1 aromatic carbocycles. The highest BCUT2D eigenvalue weighted by atomic mass is 16.5. The Labute approximate surface area is 139 Å². The van der Waals surface area contributed by atoms with Crippen LogP contribution in [0.1, 0.15) is 44.7 Å². The highest BCUT2D eigenvalue weighted by Gasteiger charge is 2.41. The fourth-order valence-electron chi connectivity index (χ4n) is 3.49. The van der Waals surface area contributed by atoms with Gasteiger partial charge in [0.25, 0.3) is 0 Å². The molecule has 3 atom stereocenters. The molecule has 1 aliphatic carbocycles. The normalized spacial score (nSPS) is 27.2. The van der Waals surface area contributed by atoms with Gasteiger partial charge in [-0.2, -0.15) is 0 Å². The predicted octanol–water partition coefficient (Wildman–Crippen LogP) is 2.66. The first-order valence-electron chi connectivity index (χ1n) is 8.78. The molecule has 126 valence electrons. The van der Waals surface area contributed by atoms with E-state index in [1.54, 1.807) is 0 Å². The number of ether oxygens (including phenoxy) is 1. The zero-order valence-corrected chi connectivity index (χ0v) is 14.2. The lowest BCUT2D eigenvalue weighted by Crippen LogP contribution is -2.57.